The van der Waals surface area contributed by atoms with Gasteiger partial charge in [0.05, 0.1) is 0 Å². The molecule has 0 bridgehead atoms. The van der Waals surface area contributed by atoms with Crippen LogP contribution in [0.25, 0.3) is 0 Å². The number of hydrogen-bond acceptors (Lipinski definition) is 3. The summed E-state index contributed by atoms with van der Waals surface area (Å²) in [5.41, 5.74) is 1.37. The molecule has 0 spiro atoms. The van der Waals surface area contributed by atoms with Crippen LogP contribution in [0.4, 0.5) is 4.79 Å². The molecule has 5 heteroatoms. The predicted molar refractivity (Wildman–Crippen MR) is 93.6 cm³/mol. The minimum absolute atomic E-state index is 0.00765. The zero-order valence-corrected chi connectivity index (χ0v) is 14.9. The third-order valence-electron chi connectivity index (χ3n) is 5.01. The molecule has 2 saturated heterocycles. The molecule has 2 aliphatic heterocycles. The first-order valence-electron chi connectivity index (χ1n) is 9.05. The second-order valence-corrected chi connectivity index (χ2v) is 7.21. The van der Waals surface area contributed by atoms with Crippen molar-refractivity contribution in [2.45, 2.75) is 58.5 Å². The molecule has 0 aromatic carbocycles. The maximum absolute atomic E-state index is 12.2. The van der Waals surface area contributed by atoms with Crippen LogP contribution < -0.4 is 10.6 Å². The van der Waals surface area contributed by atoms with Crippen molar-refractivity contribution in [3.63, 3.8) is 0 Å². The van der Waals surface area contributed by atoms with Gasteiger partial charge in [-0.2, -0.15) is 0 Å². The van der Waals surface area contributed by atoms with Gasteiger partial charge in [-0.25, -0.2) is 4.79 Å². The fourth-order valence-electron chi connectivity index (χ4n) is 3.34. The van der Waals surface area contributed by atoms with Gasteiger partial charge in [-0.05, 0) is 52.4 Å². The summed E-state index contributed by atoms with van der Waals surface area (Å²) in [7, 11) is 0. The van der Waals surface area contributed by atoms with Crippen LogP contribution >= 0.6 is 0 Å². The van der Waals surface area contributed by atoms with Crippen molar-refractivity contribution in [2.24, 2.45) is 5.92 Å². The van der Waals surface area contributed by atoms with Gasteiger partial charge in [0, 0.05) is 44.9 Å². The average Bonchev–Trinajstić information content (AvgIpc) is 2.55. The van der Waals surface area contributed by atoms with Crippen molar-refractivity contribution in [1.82, 2.24) is 15.5 Å². The molecule has 2 aliphatic rings. The SMILES string of the molecule is CC(C)=CCN1CCC(NC(=O)N[C@H](C)C2CCOCC2)CC1. The van der Waals surface area contributed by atoms with Crippen molar-refractivity contribution in [2.75, 3.05) is 32.8 Å². The number of rotatable bonds is 5. The summed E-state index contributed by atoms with van der Waals surface area (Å²) in [6.07, 6.45) is 6.44. The zero-order valence-electron chi connectivity index (χ0n) is 14.9. The van der Waals surface area contributed by atoms with E-state index in [1.165, 1.54) is 5.57 Å². The number of nitrogens with zero attached hydrogens (tertiary/aromatic N) is 1. The van der Waals surface area contributed by atoms with Gasteiger partial charge in [-0.1, -0.05) is 11.6 Å². The maximum atomic E-state index is 12.2. The van der Waals surface area contributed by atoms with Gasteiger partial charge in [-0.15, -0.1) is 0 Å². The molecule has 0 aliphatic carbocycles. The lowest BCUT2D eigenvalue weighted by atomic mass is 9.93. The van der Waals surface area contributed by atoms with E-state index in [9.17, 15) is 4.79 Å². The Hall–Kier alpha value is -1.07. The van der Waals surface area contributed by atoms with Crippen LogP contribution in [0.15, 0.2) is 11.6 Å². The lowest BCUT2D eigenvalue weighted by Crippen LogP contribution is -2.51. The van der Waals surface area contributed by atoms with Gasteiger partial charge in [0.2, 0.25) is 0 Å². The normalized spacial score (nSPS) is 22.4. The lowest BCUT2D eigenvalue weighted by molar-refractivity contribution is 0.0570. The summed E-state index contributed by atoms with van der Waals surface area (Å²) in [6.45, 7) is 11.2. The number of hydrogen-bond donors (Lipinski definition) is 2. The second-order valence-electron chi connectivity index (χ2n) is 7.21. The molecule has 2 heterocycles. The van der Waals surface area contributed by atoms with Gasteiger partial charge in [-0.3, -0.25) is 4.90 Å². The van der Waals surface area contributed by atoms with Gasteiger partial charge in [0.15, 0.2) is 0 Å². The first kappa shape index (κ1) is 18.3. The van der Waals surface area contributed by atoms with E-state index < -0.39 is 0 Å². The van der Waals surface area contributed by atoms with E-state index in [1.54, 1.807) is 0 Å². The second kappa shape index (κ2) is 9.28. The fraction of sp³-hybridized carbons (Fsp3) is 0.833. The quantitative estimate of drug-likeness (QED) is 0.765. The highest BCUT2D eigenvalue weighted by atomic mass is 16.5. The minimum Gasteiger partial charge on any atom is -0.381 e. The smallest absolute Gasteiger partial charge is 0.315 e. The molecule has 23 heavy (non-hydrogen) atoms. The molecule has 0 unspecified atom stereocenters. The molecule has 0 aromatic rings. The van der Waals surface area contributed by atoms with E-state index in [1.807, 2.05) is 0 Å². The Morgan fingerprint density at radius 1 is 1.22 bits per heavy atom. The zero-order chi connectivity index (χ0) is 16.7. The largest absolute Gasteiger partial charge is 0.381 e. The highest BCUT2D eigenvalue weighted by Crippen LogP contribution is 2.18. The molecule has 5 nitrogen and oxygen atoms in total. The number of carbonyl (C=O) groups excluding carboxylic acids is 1. The number of amides is 2. The Morgan fingerprint density at radius 2 is 1.87 bits per heavy atom. The van der Waals surface area contributed by atoms with Gasteiger partial charge < -0.3 is 15.4 Å². The Balaban J connectivity index is 1.65. The predicted octanol–water partition coefficient (Wildman–Crippen LogP) is 2.53. The van der Waals surface area contributed by atoms with Crippen LogP contribution in [0.1, 0.15) is 46.5 Å². The number of carbonyl (C=O) groups is 1. The molecular weight excluding hydrogens is 290 g/mol. The van der Waals surface area contributed by atoms with Gasteiger partial charge in [0.25, 0.3) is 0 Å². The molecule has 132 valence electrons. The molecule has 2 N–H and O–H groups in total. The topological polar surface area (TPSA) is 53.6 Å². The number of ether oxygens (including phenoxy) is 1. The molecule has 1 atom stereocenters. The first-order valence-corrected chi connectivity index (χ1v) is 9.05. The summed E-state index contributed by atoms with van der Waals surface area (Å²) < 4.78 is 5.38. The van der Waals surface area contributed by atoms with Crippen molar-refractivity contribution in [1.29, 1.82) is 0 Å². The number of piperidine rings is 1. The van der Waals surface area contributed by atoms with Crippen molar-refractivity contribution in [3.05, 3.63) is 11.6 Å². The maximum Gasteiger partial charge on any atom is 0.315 e. The van der Waals surface area contributed by atoms with Crippen LogP contribution in [0.3, 0.4) is 0 Å². The van der Waals surface area contributed by atoms with Crippen LogP contribution in [-0.2, 0) is 4.74 Å². The van der Waals surface area contributed by atoms with E-state index >= 15 is 0 Å². The Morgan fingerprint density at radius 3 is 2.48 bits per heavy atom. The fourth-order valence-corrected chi connectivity index (χ4v) is 3.34. The van der Waals surface area contributed by atoms with Crippen LogP contribution in [0.5, 0.6) is 0 Å². The molecule has 0 saturated carbocycles. The van der Waals surface area contributed by atoms with E-state index in [0.717, 1.165) is 58.5 Å². The summed E-state index contributed by atoms with van der Waals surface area (Å²) in [5, 5.41) is 6.27. The van der Waals surface area contributed by atoms with Crippen LogP contribution in [0, 0.1) is 5.92 Å². The van der Waals surface area contributed by atoms with Crippen LogP contribution in [0.2, 0.25) is 0 Å². The summed E-state index contributed by atoms with van der Waals surface area (Å²) in [5.74, 6) is 0.542. The summed E-state index contributed by atoms with van der Waals surface area (Å²) in [6, 6.07) is 0.517. The van der Waals surface area contributed by atoms with Gasteiger partial charge in [0.1, 0.15) is 0 Å². The van der Waals surface area contributed by atoms with Crippen LogP contribution in [-0.4, -0.2) is 55.9 Å². The number of urea groups is 1. The number of allylic oxidation sites excluding steroid dienone is 1. The Bertz CT molecular complexity index is 393. The van der Waals surface area contributed by atoms with E-state index in [2.05, 4.69) is 42.4 Å². The molecule has 2 rings (SSSR count). The summed E-state index contributed by atoms with van der Waals surface area (Å²) >= 11 is 0. The standard InChI is InChI=1S/C18H33N3O2/c1-14(2)4-9-21-10-5-17(6-11-21)20-18(22)19-15(3)16-7-12-23-13-8-16/h4,15-17H,5-13H2,1-3H3,(H2,19,20,22)/t15-/m1/s1. The third-order valence-corrected chi connectivity index (χ3v) is 5.01. The average molecular weight is 323 g/mol. The van der Waals surface area contributed by atoms with Crippen molar-refractivity contribution >= 4 is 6.03 Å². The van der Waals surface area contributed by atoms with Gasteiger partial charge >= 0.3 is 6.03 Å². The minimum atomic E-state index is -0.00765. The third kappa shape index (κ3) is 6.51. The Kier molecular flexibility index (Phi) is 7.37. The van der Waals surface area contributed by atoms with E-state index in [-0.39, 0.29) is 12.1 Å². The molecule has 0 radical (unpaired) electrons. The number of nitrogens with one attached hydrogen (secondary N) is 2. The monoisotopic (exact) mass is 323 g/mol. The highest BCUT2D eigenvalue weighted by Gasteiger charge is 2.24. The van der Waals surface area contributed by atoms with E-state index in [0.29, 0.717) is 12.0 Å². The molecule has 2 amide bonds. The highest BCUT2D eigenvalue weighted by molar-refractivity contribution is 5.74. The van der Waals surface area contributed by atoms with Crippen molar-refractivity contribution < 1.29 is 9.53 Å². The molecule has 2 fully saturated rings. The number of likely N-dealkylation sites (tertiary alicyclic amines) is 1. The summed E-state index contributed by atoms with van der Waals surface area (Å²) in [4.78, 5) is 14.6. The lowest BCUT2D eigenvalue weighted by Gasteiger charge is -2.33. The molecular formula is C18H33N3O2. The Labute approximate surface area is 140 Å². The van der Waals surface area contributed by atoms with Crippen molar-refractivity contribution in [3.8, 4) is 0 Å². The first-order chi connectivity index (χ1) is 11.0. The molecule has 0 aromatic heterocycles. The van der Waals surface area contributed by atoms with E-state index in [4.69, 9.17) is 4.74 Å².